The van der Waals surface area contributed by atoms with Gasteiger partial charge in [-0.25, -0.2) is 8.78 Å². The molecule has 0 radical (unpaired) electrons. The van der Waals surface area contributed by atoms with Crippen LogP contribution >= 0.6 is 0 Å². The zero-order valence-corrected chi connectivity index (χ0v) is 9.51. The molecule has 2 N–H and O–H groups in total. The Morgan fingerprint density at radius 3 is 2.50 bits per heavy atom. The summed E-state index contributed by atoms with van der Waals surface area (Å²) in [6.45, 7) is -1.40. The Hall–Kier alpha value is -1.79. The molecule has 0 aliphatic carbocycles. The van der Waals surface area contributed by atoms with Crippen molar-refractivity contribution in [3.8, 4) is 0 Å². The normalized spacial score (nSPS) is 11.4. The molecule has 100 valence electrons. The van der Waals surface area contributed by atoms with Crippen molar-refractivity contribution in [2.24, 2.45) is 0 Å². The zero-order chi connectivity index (χ0) is 13.8. The van der Waals surface area contributed by atoms with Crippen LogP contribution in [-0.4, -0.2) is 31.8 Å². The minimum Gasteiger partial charge on any atom is -0.387 e. The van der Waals surface area contributed by atoms with E-state index in [1.807, 2.05) is 0 Å². The molecule has 0 bridgehead atoms. The van der Waals surface area contributed by atoms with Crippen molar-refractivity contribution in [3.63, 3.8) is 0 Å². The maximum Gasteiger partial charge on any atom is 0.324 e. The van der Waals surface area contributed by atoms with Crippen LogP contribution in [0.3, 0.4) is 0 Å². The number of halogens is 4. The topological polar surface area (TPSA) is 41.1 Å². The van der Waals surface area contributed by atoms with Gasteiger partial charge in [-0.3, -0.25) is 4.79 Å². The SMILES string of the molecule is CNc1ccccc1C(=O)NCC(F)(F)C(F)F. The Kier molecular flexibility index (Phi) is 4.52. The van der Waals surface area contributed by atoms with E-state index in [9.17, 15) is 22.4 Å². The lowest BCUT2D eigenvalue weighted by atomic mass is 10.1. The Labute approximate surface area is 101 Å². The fourth-order valence-electron chi connectivity index (χ4n) is 1.27. The van der Waals surface area contributed by atoms with Crippen molar-refractivity contribution in [2.45, 2.75) is 12.3 Å². The Morgan fingerprint density at radius 1 is 1.33 bits per heavy atom. The second-order valence-corrected chi connectivity index (χ2v) is 3.54. The van der Waals surface area contributed by atoms with E-state index in [1.54, 1.807) is 30.6 Å². The first-order valence-electron chi connectivity index (χ1n) is 5.09. The van der Waals surface area contributed by atoms with Crippen LogP contribution in [0.25, 0.3) is 0 Å². The van der Waals surface area contributed by atoms with E-state index in [4.69, 9.17) is 0 Å². The highest BCUT2D eigenvalue weighted by Crippen LogP contribution is 2.22. The van der Waals surface area contributed by atoms with Crippen molar-refractivity contribution in [1.29, 1.82) is 0 Å². The maximum atomic E-state index is 12.6. The monoisotopic (exact) mass is 264 g/mol. The molecule has 1 aromatic carbocycles. The van der Waals surface area contributed by atoms with E-state index < -0.39 is 24.8 Å². The summed E-state index contributed by atoms with van der Waals surface area (Å²) >= 11 is 0. The quantitative estimate of drug-likeness (QED) is 0.801. The molecule has 0 aliphatic rings. The second-order valence-electron chi connectivity index (χ2n) is 3.54. The molecule has 0 saturated heterocycles. The van der Waals surface area contributed by atoms with Crippen molar-refractivity contribution < 1.29 is 22.4 Å². The Bertz CT molecular complexity index is 423. The van der Waals surface area contributed by atoms with Gasteiger partial charge in [-0.1, -0.05) is 12.1 Å². The molecular formula is C11H12F4N2O. The maximum absolute atomic E-state index is 12.6. The summed E-state index contributed by atoms with van der Waals surface area (Å²) in [4.78, 5) is 11.6. The molecule has 18 heavy (non-hydrogen) atoms. The Balaban J connectivity index is 2.72. The molecule has 0 aromatic heterocycles. The van der Waals surface area contributed by atoms with Crippen LogP contribution < -0.4 is 10.6 Å². The van der Waals surface area contributed by atoms with Crippen LogP contribution in [0, 0.1) is 0 Å². The number of carbonyl (C=O) groups excluding carboxylic acids is 1. The number of carbonyl (C=O) groups is 1. The van der Waals surface area contributed by atoms with Crippen LogP contribution in [0.5, 0.6) is 0 Å². The number of hydrogen-bond acceptors (Lipinski definition) is 2. The first kappa shape index (κ1) is 14.3. The number of anilines is 1. The van der Waals surface area contributed by atoms with E-state index in [-0.39, 0.29) is 5.56 Å². The molecule has 0 spiro atoms. The number of amides is 1. The van der Waals surface area contributed by atoms with Crippen LogP contribution in [0.4, 0.5) is 23.2 Å². The van der Waals surface area contributed by atoms with Crippen LogP contribution in [0.1, 0.15) is 10.4 Å². The second kappa shape index (κ2) is 5.70. The molecule has 1 aromatic rings. The van der Waals surface area contributed by atoms with Crippen molar-refractivity contribution in [1.82, 2.24) is 5.32 Å². The summed E-state index contributed by atoms with van der Waals surface area (Å²) in [6, 6.07) is 6.17. The molecule has 1 rings (SSSR count). The molecule has 3 nitrogen and oxygen atoms in total. The Morgan fingerprint density at radius 2 is 1.94 bits per heavy atom. The van der Waals surface area contributed by atoms with Crippen LogP contribution in [0.15, 0.2) is 24.3 Å². The third-order valence-corrected chi connectivity index (χ3v) is 2.24. The summed E-state index contributed by atoms with van der Waals surface area (Å²) in [5.74, 6) is -5.06. The van der Waals surface area contributed by atoms with E-state index in [0.717, 1.165) is 0 Å². The fraction of sp³-hybridized carbons (Fsp3) is 0.364. The number of benzene rings is 1. The van der Waals surface area contributed by atoms with Gasteiger partial charge in [-0.15, -0.1) is 0 Å². The van der Waals surface area contributed by atoms with Gasteiger partial charge >= 0.3 is 12.3 Å². The van der Waals surface area contributed by atoms with Gasteiger partial charge in [0.2, 0.25) is 0 Å². The molecule has 7 heteroatoms. The summed E-state index contributed by atoms with van der Waals surface area (Å²) in [7, 11) is 1.56. The largest absolute Gasteiger partial charge is 0.387 e. The van der Waals surface area contributed by atoms with Gasteiger partial charge in [0.1, 0.15) is 0 Å². The molecule has 0 fully saturated rings. The lowest BCUT2D eigenvalue weighted by molar-refractivity contribution is -0.123. The molecule has 0 aliphatic heterocycles. The molecule has 0 heterocycles. The highest BCUT2D eigenvalue weighted by Gasteiger charge is 2.40. The average Bonchev–Trinajstić information content (AvgIpc) is 2.35. The van der Waals surface area contributed by atoms with Crippen LogP contribution in [-0.2, 0) is 0 Å². The zero-order valence-electron chi connectivity index (χ0n) is 9.51. The smallest absolute Gasteiger partial charge is 0.324 e. The van der Waals surface area contributed by atoms with Gasteiger partial charge in [0.15, 0.2) is 0 Å². The first-order chi connectivity index (χ1) is 8.38. The van der Waals surface area contributed by atoms with Crippen molar-refractivity contribution in [3.05, 3.63) is 29.8 Å². The third-order valence-electron chi connectivity index (χ3n) is 2.24. The lowest BCUT2D eigenvalue weighted by Gasteiger charge is -2.16. The highest BCUT2D eigenvalue weighted by molar-refractivity contribution is 5.99. The molecule has 0 atom stereocenters. The fourth-order valence-corrected chi connectivity index (χ4v) is 1.27. The predicted octanol–water partition coefficient (Wildman–Crippen LogP) is 2.36. The molecule has 0 unspecified atom stereocenters. The van der Waals surface area contributed by atoms with Crippen molar-refractivity contribution >= 4 is 11.6 Å². The molecule has 1 amide bonds. The summed E-state index contributed by atoms with van der Waals surface area (Å²) in [5.41, 5.74) is 0.542. The van der Waals surface area contributed by atoms with E-state index in [0.29, 0.717) is 5.69 Å². The lowest BCUT2D eigenvalue weighted by Crippen LogP contribution is -2.41. The van der Waals surface area contributed by atoms with E-state index in [2.05, 4.69) is 5.32 Å². The van der Waals surface area contributed by atoms with Gasteiger partial charge in [-0.05, 0) is 12.1 Å². The van der Waals surface area contributed by atoms with E-state index in [1.165, 1.54) is 6.07 Å². The number of alkyl halides is 4. The van der Waals surface area contributed by atoms with Gasteiger partial charge in [0, 0.05) is 12.7 Å². The number of nitrogens with one attached hydrogen (secondary N) is 2. The standard InChI is InChI=1S/C11H12F4N2O/c1-16-8-5-3-2-4-7(8)9(18)17-6-11(14,15)10(12)13/h2-5,10,16H,6H2,1H3,(H,17,18). The summed E-state index contributed by atoms with van der Waals surface area (Å²) < 4.78 is 49.0. The van der Waals surface area contributed by atoms with Crippen LogP contribution in [0.2, 0.25) is 0 Å². The third kappa shape index (κ3) is 3.35. The minimum absolute atomic E-state index is 0.116. The minimum atomic E-state index is -4.23. The predicted molar refractivity (Wildman–Crippen MR) is 59.3 cm³/mol. The van der Waals surface area contributed by atoms with Crippen molar-refractivity contribution in [2.75, 3.05) is 18.9 Å². The van der Waals surface area contributed by atoms with Gasteiger partial charge < -0.3 is 10.6 Å². The number of rotatable bonds is 5. The van der Waals surface area contributed by atoms with Gasteiger partial charge in [0.25, 0.3) is 5.91 Å². The first-order valence-corrected chi connectivity index (χ1v) is 5.09. The number of hydrogen-bond donors (Lipinski definition) is 2. The molecule has 0 saturated carbocycles. The van der Waals surface area contributed by atoms with Gasteiger partial charge in [0.05, 0.1) is 12.1 Å². The summed E-state index contributed by atoms with van der Waals surface area (Å²) in [6.07, 6.45) is -3.81. The van der Waals surface area contributed by atoms with E-state index >= 15 is 0 Å². The summed E-state index contributed by atoms with van der Waals surface area (Å²) in [5, 5.41) is 4.49. The average molecular weight is 264 g/mol. The number of para-hydroxylation sites is 1. The van der Waals surface area contributed by atoms with Gasteiger partial charge in [-0.2, -0.15) is 8.78 Å². The molecular weight excluding hydrogens is 252 g/mol. The highest BCUT2D eigenvalue weighted by atomic mass is 19.3.